The third-order valence-electron chi connectivity index (χ3n) is 3.54. The van der Waals surface area contributed by atoms with Crippen molar-refractivity contribution in [2.45, 2.75) is 26.1 Å². The van der Waals surface area contributed by atoms with Crippen LogP contribution in [-0.4, -0.2) is 15.8 Å². The van der Waals surface area contributed by atoms with Gasteiger partial charge in [0.05, 0.1) is 6.54 Å². The molecule has 0 saturated carbocycles. The van der Waals surface area contributed by atoms with E-state index < -0.39 is 0 Å². The van der Waals surface area contributed by atoms with Gasteiger partial charge in [-0.2, -0.15) is 5.10 Å². The summed E-state index contributed by atoms with van der Waals surface area (Å²) in [6.07, 6.45) is 3.81. The summed E-state index contributed by atoms with van der Waals surface area (Å²) in [5.41, 5.74) is 1.34. The van der Waals surface area contributed by atoms with Crippen molar-refractivity contribution in [3.8, 4) is 0 Å². The minimum Gasteiger partial charge on any atom is -0.308 e. The van der Waals surface area contributed by atoms with Crippen LogP contribution in [0.15, 0.2) is 60.9 Å². The van der Waals surface area contributed by atoms with Crippen molar-refractivity contribution in [1.82, 2.24) is 15.1 Å². The Morgan fingerprint density at radius 3 is 2.80 bits per heavy atom. The maximum Gasteiger partial charge on any atom is 0.0560 e. The molecule has 3 nitrogen and oxygen atoms in total. The number of nitrogens with one attached hydrogen (secondary N) is 1. The number of rotatable bonds is 5. The Morgan fingerprint density at radius 2 is 1.95 bits per heavy atom. The lowest BCUT2D eigenvalue weighted by atomic mass is 10.0. The Morgan fingerprint density at radius 1 is 1.10 bits per heavy atom. The van der Waals surface area contributed by atoms with E-state index >= 15 is 0 Å². The van der Waals surface area contributed by atoms with Crippen LogP contribution in [-0.2, 0) is 13.1 Å². The average molecular weight is 265 g/mol. The number of fused-ring (bicyclic) bond motifs is 1. The standard InChI is InChI=1S/C17H19N3/c1-14(13-20-11-5-10-19-20)18-12-16-8-4-7-15-6-2-3-9-17(15)16/h2-11,14,18H,12-13H2,1H3. The highest BCUT2D eigenvalue weighted by Crippen LogP contribution is 2.18. The first-order chi connectivity index (χ1) is 9.83. The third-order valence-corrected chi connectivity index (χ3v) is 3.54. The topological polar surface area (TPSA) is 29.9 Å². The van der Waals surface area contributed by atoms with Crippen molar-refractivity contribution in [2.75, 3.05) is 0 Å². The van der Waals surface area contributed by atoms with Gasteiger partial charge in [-0.15, -0.1) is 0 Å². The Balaban J connectivity index is 1.67. The predicted octanol–water partition coefficient (Wildman–Crippen LogP) is 3.21. The summed E-state index contributed by atoms with van der Waals surface area (Å²) in [4.78, 5) is 0. The Labute approximate surface area is 119 Å². The molecule has 1 aromatic heterocycles. The normalized spacial score (nSPS) is 12.7. The third kappa shape index (κ3) is 2.89. The molecule has 0 aliphatic rings. The Kier molecular flexibility index (Phi) is 3.79. The van der Waals surface area contributed by atoms with Crippen molar-refractivity contribution in [1.29, 1.82) is 0 Å². The second-order valence-electron chi connectivity index (χ2n) is 5.15. The van der Waals surface area contributed by atoms with Crippen molar-refractivity contribution < 1.29 is 0 Å². The number of hydrogen-bond donors (Lipinski definition) is 1. The summed E-state index contributed by atoms with van der Waals surface area (Å²) in [6, 6.07) is 17.3. The van der Waals surface area contributed by atoms with Crippen LogP contribution in [0.2, 0.25) is 0 Å². The van der Waals surface area contributed by atoms with E-state index in [9.17, 15) is 0 Å². The molecule has 0 radical (unpaired) electrons. The lowest BCUT2D eigenvalue weighted by molar-refractivity contribution is 0.451. The highest BCUT2D eigenvalue weighted by Gasteiger charge is 2.05. The minimum atomic E-state index is 0.383. The molecule has 1 atom stereocenters. The molecule has 3 aromatic rings. The van der Waals surface area contributed by atoms with Crippen LogP contribution in [0, 0.1) is 0 Å². The van der Waals surface area contributed by atoms with Crippen LogP contribution < -0.4 is 5.32 Å². The van der Waals surface area contributed by atoms with E-state index in [1.165, 1.54) is 16.3 Å². The van der Waals surface area contributed by atoms with Crippen LogP contribution >= 0.6 is 0 Å². The van der Waals surface area contributed by atoms with Crippen LogP contribution in [0.4, 0.5) is 0 Å². The molecule has 0 bridgehead atoms. The molecule has 0 spiro atoms. The molecule has 0 saturated heterocycles. The highest BCUT2D eigenvalue weighted by molar-refractivity contribution is 5.85. The second kappa shape index (κ2) is 5.88. The molecule has 0 aliphatic carbocycles. The molecule has 0 fully saturated rings. The smallest absolute Gasteiger partial charge is 0.0560 e. The van der Waals surface area contributed by atoms with Gasteiger partial charge in [0.15, 0.2) is 0 Å². The first kappa shape index (κ1) is 12.9. The molecular weight excluding hydrogens is 246 g/mol. The van der Waals surface area contributed by atoms with Gasteiger partial charge in [0.2, 0.25) is 0 Å². The summed E-state index contributed by atoms with van der Waals surface area (Å²) in [5.74, 6) is 0. The molecule has 0 amide bonds. The van der Waals surface area contributed by atoms with Gasteiger partial charge in [0.1, 0.15) is 0 Å². The quantitative estimate of drug-likeness (QED) is 0.767. The molecule has 3 heteroatoms. The average Bonchev–Trinajstić information content (AvgIpc) is 2.98. The van der Waals surface area contributed by atoms with Crippen LogP contribution in [0.3, 0.4) is 0 Å². The molecule has 102 valence electrons. The number of nitrogens with zero attached hydrogens (tertiary/aromatic N) is 2. The summed E-state index contributed by atoms with van der Waals surface area (Å²) in [5, 5.41) is 10.4. The summed E-state index contributed by atoms with van der Waals surface area (Å²) >= 11 is 0. The fourth-order valence-corrected chi connectivity index (χ4v) is 2.48. The van der Waals surface area contributed by atoms with Gasteiger partial charge < -0.3 is 5.32 Å². The summed E-state index contributed by atoms with van der Waals surface area (Å²) in [7, 11) is 0. The number of hydrogen-bond acceptors (Lipinski definition) is 2. The van der Waals surface area contributed by atoms with Crippen LogP contribution in [0.1, 0.15) is 12.5 Å². The Bertz CT molecular complexity index is 668. The zero-order valence-corrected chi connectivity index (χ0v) is 11.7. The van der Waals surface area contributed by atoms with Crippen LogP contribution in [0.5, 0.6) is 0 Å². The largest absolute Gasteiger partial charge is 0.308 e. The molecule has 1 unspecified atom stereocenters. The number of aromatic nitrogens is 2. The predicted molar refractivity (Wildman–Crippen MR) is 82.5 cm³/mol. The molecule has 0 aliphatic heterocycles. The molecule has 3 rings (SSSR count). The van der Waals surface area contributed by atoms with Gasteiger partial charge in [-0.25, -0.2) is 0 Å². The van der Waals surface area contributed by atoms with E-state index in [0.717, 1.165) is 13.1 Å². The van der Waals surface area contributed by atoms with Gasteiger partial charge in [0.25, 0.3) is 0 Å². The maximum atomic E-state index is 4.24. The van der Waals surface area contributed by atoms with E-state index in [-0.39, 0.29) is 0 Å². The number of benzene rings is 2. The molecule has 1 N–H and O–H groups in total. The molecular formula is C17H19N3. The lowest BCUT2D eigenvalue weighted by Crippen LogP contribution is -2.30. The molecule has 20 heavy (non-hydrogen) atoms. The van der Waals surface area contributed by atoms with E-state index in [4.69, 9.17) is 0 Å². The first-order valence-corrected chi connectivity index (χ1v) is 7.00. The summed E-state index contributed by atoms with van der Waals surface area (Å²) in [6.45, 7) is 3.95. The van der Waals surface area contributed by atoms with Crippen molar-refractivity contribution in [2.24, 2.45) is 0 Å². The maximum absolute atomic E-state index is 4.24. The molecule has 1 heterocycles. The molecule has 2 aromatic carbocycles. The van der Waals surface area contributed by atoms with E-state index in [1.54, 1.807) is 0 Å². The van der Waals surface area contributed by atoms with Crippen molar-refractivity contribution in [3.05, 3.63) is 66.5 Å². The van der Waals surface area contributed by atoms with Gasteiger partial charge >= 0.3 is 0 Å². The first-order valence-electron chi connectivity index (χ1n) is 7.00. The monoisotopic (exact) mass is 265 g/mol. The fraction of sp³-hybridized carbons (Fsp3) is 0.235. The second-order valence-corrected chi connectivity index (χ2v) is 5.15. The zero-order chi connectivity index (χ0) is 13.8. The van der Waals surface area contributed by atoms with E-state index in [0.29, 0.717) is 6.04 Å². The van der Waals surface area contributed by atoms with Crippen molar-refractivity contribution >= 4 is 10.8 Å². The van der Waals surface area contributed by atoms with Crippen molar-refractivity contribution in [3.63, 3.8) is 0 Å². The van der Waals surface area contributed by atoms with Gasteiger partial charge in [-0.05, 0) is 29.3 Å². The zero-order valence-electron chi connectivity index (χ0n) is 11.7. The Hall–Kier alpha value is -2.13. The SMILES string of the molecule is CC(Cn1cccn1)NCc1cccc2ccccc12. The van der Waals surface area contributed by atoms with Gasteiger partial charge in [-0.1, -0.05) is 42.5 Å². The van der Waals surface area contributed by atoms with Gasteiger partial charge in [0, 0.05) is 25.0 Å². The van der Waals surface area contributed by atoms with E-state index in [1.807, 2.05) is 23.1 Å². The summed E-state index contributed by atoms with van der Waals surface area (Å²) < 4.78 is 1.96. The fourth-order valence-electron chi connectivity index (χ4n) is 2.48. The lowest BCUT2D eigenvalue weighted by Gasteiger charge is -2.15. The van der Waals surface area contributed by atoms with Crippen LogP contribution in [0.25, 0.3) is 10.8 Å². The van der Waals surface area contributed by atoms with Gasteiger partial charge in [-0.3, -0.25) is 4.68 Å². The van der Waals surface area contributed by atoms with E-state index in [2.05, 4.69) is 59.8 Å². The minimum absolute atomic E-state index is 0.383. The highest BCUT2D eigenvalue weighted by atomic mass is 15.3.